The molecule has 1 saturated heterocycles. The third-order valence-corrected chi connectivity index (χ3v) is 5.01. The molecule has 0 bridgehead atoms. The topological polar surface area (TPSA) is 32.3 Å². The molecule has 1 aromatic rings. The standard InChI is InChI=1S/C15H20N2OS/c18-15(14-11-19-10-7-16-14)17-8-5-12-3-1-2-4-13(12)6-9-17/h1-4,14,16H,5-11H2. The second kappa shape index (κ2) is 5.97. The van der Waals surface area contributed by atoms with Crippen molar-refractivity contribution in [3.8, 4) is 0 Å². The number of rotatable bonds is 1. The quantitative estimate of drug-likeness (QED) is 0.839. The summed E-state index contributed by atoms with van der Waals surface area (Å²) in [5, 5.41) is 3.35. The second-order valence-electron chi connectivity index (χ2n) is 5.18. The lowest BCUT2D eigenvalue weighted by Gasteiger charge is -2.29. The average molecular weight is 276 g/mol. The number of nitrogens with zero attached hydrogens (tertiary/aromatic N) is 1. The van der Waals surface area contributed by atoms with Crippen LogP contribution in [0.1, 0.15) is 11.1 Å². The van der Waals surface area contributed by atoms with Crippen LogP contribution in [0.5, 0.6) is 0 Å². The first-order valence-corrected chi connectivity index (χ1v) is 8.17. The maximum atomic E-state index is 12.5. The summed E-state index contributed by atoms with van der Waals surface area (Å²) in [4.78, 5) is 14.6. The summed E-state index contributed by atoms with van der Waals surface area (Å²) in [6, 6.07) is 8.60. The van der Waals surface area contributed by atoms with Crippen LogP contribution in [0.25, 0.3) is 0 Å². The summed E-state index contributed by atoms with van der Waals surface area (Å²) in [7, 11) is 0. The molecule has 2 heterocycles. The molecule has 19 heavy (non-hydrogen) atoms. The van der Waals surface area contributed by atoms with E-state index in [0.717, 1.165) is 44.0 Å². The van der Waals surface area contributed by atoms with Crippen molar-refractivity contribution in [1.82, 2.24) is 10.2 Å². The van der Waals surface area contributed by atoms with Gasteiger partial charge in [0, 0.05) is 31.1 Å². The van der Waals surface area contributed by atoms with Crippen LogP contribution in [0, 0.1) is 0 Å². The first kappa shape index (κ1) is 13.0. The van der Waals surface area contributed by atoms with Crippen molar-refractivity contribution in [2.24, 2.45) is 0 Å². The Balaban J connectivity index is 1.66. The first-order valence-electron chi connectivity index (χ1n) is 7.01. The fourth-order valence-electron chi connectivity index (χ4n) is 2.83. The molecule has 0 radical (unpaired) electrons. The molecular formula is C15H20N2OS. The molecule has 0 spiro atoms. The molecule has 3 rings (SSSR count). The normalized spacial score (nSPS) is 23.6. The van der Waals surface area contributed by atoms with Gasteiger partial charge in [0.1, 0.15) is 0 Å². The van der Waals surface area contributed by atoms with E-state index in [1.54, 1.807) is 0 Å². The van der Waals surface area contributed by atoms with Crippen molar-refractivity contribution in [2.75, 3.05) is 31.1 Å². The molecule has 1 aromatic carbocycles. The smallest absolute Gasteiger partial charge is 0.240 e. The van der Waals surface area contributed by atoms with E-state index in [1.165, 1.54) is 11.1 Å². The lowest BCUT2D eigenvalue weighted by atomic mass is 10.0. The molecule has 2 aliphatic rings. The van der Waals surface area contributed by atoms with E-state index in [9.17, 15) is 4.79 Å². The summed E-state index contributed by atoms with van der Waals surface area (Å²) in [6.07, 6.45) is 1.98. The molecule has 1 unspecified atom stereocenters. The number of benzene rings is 1. The van der Waals surface area contributed by atoms with Gasteiger partial charge in [-0.25, -0.2) is 0 Å². The molecule has 1 N–H and O–H groups in total. The number of amides is 1. The Bertz CT molecular complexity index is 430. The van der Waals surface area contributed by atoms with E-state index in [1.807, 2.05) is 16.7 Å². The molecule has 3 nitrogen and oxygen atoms in total. The van der Waals surface area contributed by atoms with Crippen LogP contribution in [0.4, 0.5) is 0 Å². The van der Waals surface area contributed by atoms with Gasteiger partial charge in [-0.2, -0.15) is 11.8 Å². The zero-order chi connectivity index (χ0) is 13.1. The number of thioether (sulfide) groups is 1. The molecule has 2 aliphatic heterocycles. The lowest BCUT2D eigenvalue weighted by Crippen LogP contribution is -2.51. The van der Waals surface area contributed by atoms with Crippen LogP contribution in [0.3, 0.4) is 0 Å². The largest absolute Gasteiger partial charge is 0.341 e. The zero-order valence-corrected chi connectivity index (χ0v) is 11.9. The Hall–Kier alpha value is -1.00. The average Bonchev–Trinajstić information content (AvgIpc) is 2.70. The summed E-state index contributed by atoms with van der Waals surface area (Å²) in [5.41, 5.74) is 2.81. The van der Waals surface area contributed by atoms with Crippen LogP contribution in [0.15, 0.2) is 24.3 Å². The highest BCUT2D eigenvalue weighted by molar-refractivity contribution is 7.99. The van der Waals surface area contributed by atoms with Crippen molar-refractivity contribution < 1.29 is 4.79 Å². The molecule has 1 fully saturated rings. The molecule has 0 aromatic heterocycles. The predicted octanol–water partition coefficient (Wildman–Crippen LogP) is 1.32. The van der Waals surface area contributed by atoms with Gasteiger partial charge in [0.05, 0.1) is 6.04 Å². The van der Waals surface area contributed by atoms with E-state index in [4.69, 9.17) is 0 Å². The van der Waals surface area contributed by atoms with Gasteiger partial charge >= 0.3 is 0 Å². The van der Waals surface area contributed by atoms with Crippen molar-refractivity contribution in [3.63, 3.8) is 0 Å². The van der Waals surface area contributed by atoms with E-state index < -0.39 is 0 Å². The summed E-state index contributed by atoms with van der Waals surface area (Å²) >= 11 is 1.88. The van der Waals surface area contributed by atoms with Gasteiger partial charge in [0.2, 0.25) is 5.91 Å². The Morgan fingerprint density at radius 3 is 2.47 bits per heavy atom. The molecule has 0 aliphatic carbocycles. The molecule has 1 amide bonds. The molecule has 1 atom stereocenters. The fourth-order valence-corrected chi connectivity index (χ4v) is 3.76. The SMILES string of the molecule is O=C(C1CSCCN1)N1CCc2ccccc2CC1. The van der Waals surface area contributed by atoms with Gasteiger partial charge in [-0.05, 0) is 24.0 Å². The third-order valence-electron chi connectivity index (χ3n) is 3.95. The zero-order valence-electron chi connectivity index (χ0n) is 11.1. The minimum Gasteiger partial charge on any atom is -0.341 e. The van der Waals surface area contributed by atoms with Crippen LogP contribution in [0.2, 0.25) is 0 Å². The number of hydrogen-bond acceptors (Lipinski definition) is 3. The van der Waals surface area contributed by atoms with Crippen LogP contribution >= 0.6 is 11.8 Å². The van der Waals surface area contributed by atoms with Crippen molar-refractivity contribution >= 4 is 17.7 Å². The number of fused-ring (bicyclic) bond motifs is 1. The van der Waals surface area contributed by atoms with E-state index in [2.05, 4.69) is 29.6 Å². The monoisotopic (exact) mass is 276 g/mol. The highest BCUT2D eigenvalue weighted by Crippen LogP contribution is 2.17. The summed E-state index contributed by atoms with van der Waals surface area (Å²) < 4.78 is 0. The summed E-state index contributed by atoms with van der Waals surface area (Å²) in [5.74, 6) is 2.33. The number of carbonyl (C=O) groups is 1. The minimum absolute atomic E-state index is 0.0277. The number of carbonyl (C=O) groups excluding carboxylic acids is 1. The van der Waals surface area contributed by atoms with E-state index in [0.29, 0.717) is 5.91 Å². The number of nitrogens with one attached hydrogen (secondary N) is 1. The van der Waals surface area contributed by atoms with Gasteiger partial charge in [0.25, 0.3) is 0 Å². The van der Waals surface area contributed by atoms with E-state index in [-0.39, 0.29) is 6.04 Å². The van der Waals surface area contributed by atoms with Crippen molar-refractivity contribution in [2.45, 2.75) is 18.9 Å². The summed E-state index contributed by atoms with van der Waals surface area (Å²) in [6.45, 7) is 2.67. The maximum Gasteiger partial charge on any atom is 0.240 e. The molecule has 0 saturated carbocycles. The Labute approximate surface area is 118 Å². The van der Waals surface area contributed by atoms with Crippen LogP contribution in [-0.2, 0) is 17.6 Å². The van der Waals surface area contributed by atoms with Crippen LogP contribution in [-0.4, -0.2) is 48.0 Å². The minimum atomic E-state index is 0.0277. The highest BCUT2D eigenvalue weighted by atomic mass is 32.2. The third kappa shape index (κ3) is 2.95. The van der Waals surface area contributed by atoms with Crippen molar-refractivity contribution in [1.29, 1.82) is 0 Å². The van der Waals surface area contributed by atoms with E-state index >= 15 is 0 Å². The predicted molar refractivity (Wildman–Crippen MR) is 79.5 cm³/mol. The Kier molecular flexibility index (Phi) is 4.09. The number of hydrogen-bond donors (Lipinski definition) is 1. The highest BCUT2D eigenvalue weighted by Gasteiger charge is 2.26. The van der Waals surface area contributed by atoms with Crippen LogP contribution < -0.4 is 5.32 Å². The fraction of sp³-hybridized carbons (Fsp3) is 0.533. The maximum absolute atomic E-state index is 12.5. The van der Waals surface area contributed by atoms with Gasteiger partial charge in [-0.15, -0.1) is 0 Å². The molecule has 4 heteroatoms. The first-order chi connectivity index (χ1) is 9.34. The Morgan fingerprint density at radius 1 is 1.21 bits per heavy atom. The van der Waals surface area contributed by atoms with Gasteiger partial charge in [-0.1, -0.05) is 24.3 Å². The lowest BCUT2D eigenvalue weighted by molar-refractivity contribution is -0.132. The van der Waals surface area contributed by atoms with Crippen molar-refractivity contribution in [3.05, 3.63) is 35.4 Å². The van der Waals surface area contributed by atoms with Gasteiger partial charge < -0.3 is 10.2 Å². The Morgan fingerprint density at radius 2 is 1.89 bits per heavy atom. The second-order valence-corrected chi connectivity index (χ2v) is 6.33. The van der Waals surface area contributed by atoms with Gasteiger partial charge in [-0.3, -0.25) is 4.79 Å². The van der Waals surface area contributed by atoms with Gasteiger partial charge in [0.15, 0.2) is 0 Å². The molecular weight excluding hydrogens is 256 g/mol. The molecule has 102 valence electrons.